The fraction of sp³-hybridized carbons (Fsp3) is 0.333. The van der Waals surface area contributed by atoms with Crippen LogP contribution >= 0.6 is 0 Å². The van der Waals surface area contributed by atoms with Crippen molar-refractivity contribution < 1.29 is 14.6 Å². The first-order valence-electron chi connectivity index (χ1n) is 6.76. The van der Waals surface area contributed by atoms with E-state index < -0.39 is 5.97 Å². The molecule has 1 aliphatic carbocycles. The zero-order valence-electron chi connectivity index (χ0n) is 11.2. The molecule has 0 atom stereocenters. The third-order valence-corrected chi connectivity index (χ3v) is 3.34. The van der Waals surface area contributed by atoms with Gasteiger partial charge in [-0.25, -0.2) is 9.48 Å². The second-order valence-electron chi connectivity index (χ2n) is 4.85. The molecule has 0 aliphatic heterocycles. The van der Waals surface area contributed by atoms with Crippen LogP contribution in [-0.2, 0) is 0 Å². The third-order valence-electron chi connectivity index (χ3n) is 3.34. The Bertz CT molecular complexity index is 644. The predicted octanol–water partition coefficient (Wildman–Crippen LogP) is 2.85. The molecule has 1 heterocycles. The standard InChI is InChI=1S/C15H16N2O3/c1-2-20-14-6-4-3-5-12(14)17-13(10-7-8-10)9-11(16-17)15(18)19/h3-6,9-10H,2,7-8H2,1H3,(H,18,19). The molecule has 20 heavy (non-hydrogen) atoms. The van der Waals surface area contributed by atoms with E-state index in [1.54, 1.807) is 10.7 Å². The summed E-state index contributed by atoms with van der Waals surface area (Å²) in [6.07, 6.45) is 2.17. The molecule has 104 valence electrons. The number of aromatic nitrogens is 2. The maximum absolute atomic E-state index is 11.1. The molecule has 1 N–H and O–H groups in total. The van der Waals surface area contributed by atoms with Crippen LogP contribution < -0.4 is 4.74 Å². The van der Waals surface area contributed by atoms with Crippen LogP contribution in [0.25, 0.3) is 5.69 Å². The van der Waals surface area contributed by atoms with Gasteiger partial charge in [0.1, 0.15) is 11.4 Å². The number of carboxylic acids is 1. The Balaban J connectivity index is 2.11. The molecule has 1 aromatic heterocycles. The van der Waals surface area contributed by atoms with Gasteiger partial charge in [0.05, 0.1) is 6.61 Å². The van der Waals surface area contributed by atoms with E-state index in [4.69, 9.17) is 9.84 Å². The SMILES string of the molecule is CCOc1ccccc1-n1nc(C(=O)O)cc1C1CC1. The number of ether oxygens (including phenoxy) is 1. The Kier molecular flexibility index (Phi) is 3.18. The Hall–Kier alpha value is -2.30. The number of carboxylic acid groups (broad SMARTS) is 1. The lowest BCUT2D eigenvalue weighted by Gasteiger charge is -2.12. The summed E-state index contributed by atoms with van der Waals surface area (Å²) in [5.74, 6) is 0.127. The van der Waals surface area contributed by atoms with Gasteiger partial charge in [0, 0.05) is 11.6 Å². The quantitative estimate of drug-likeness (QED) is 0.909. The van der Waals surface area contributed by atoms with Gasteiger partial charge in [-0.3, -0.25) is 0 Å². The highest BCUT2D eigenvalue weighted by molar-refractivity contribution is 5.85. The van der Waals surface area contributed by atoms with Gasteiger partial charge in [-0.1, -0.05) is 12.1 Å². The van der Waals surface area contributed by atoms with E-state index in [-0.39, 0.29) is 5.69 Å². The second-order valence-corrected chi connectivity index (χ2v) is 4.85. The normalized spacial score (nSPS) is 14.2. The minimum absolute atomic E-state index is 0.0817. The minimum Gasteiger partial charge on any atom is -0.492 e. The van der Waals surface area contributed by atoms with Crippen molar-refractivity contribution in [2.45, 2.75) is 25.7 Å². The molecule has 1 aromatic carbocycles. The first-order chi connectivity index (χ1) is 9.70. The van der Waals surface area contributed by atoms with Gasteiger partial charge in [0.25, 0.3) is 0 Å². The van der Waals surface area contributed by atoms with E-state index in [2.05, 4.69) is 5.10 Å². The summed E-state index contributed by atoms with van der Waals surface area (Å²) in [7, 11) is 0. The molecule has 0 unspecified atom stereocenters. The molecule has 0 saturated heterocycles. The Morgan fingerprint density at radius 2 is 2.20 bits per heavy atom. The molecule has 0 radical (unpaired) electrons. The highest BCUT2D eigenvalue weighted by atomic mass is 16.5. The zero-order chi connectivity index (χ0) is 14.1. The van der Waals surface area contributed by atoms with Crippen molar-refractivity contribution >= 4 is 5.97 Å². The van der Waals surface area contributed by atoms with E-state index in [1.807, 2.05) is 31.2 Å². The molecule has 5 nitrogen and oxygen atoms in total. The fourth-order valence-electron chi connectivity index (χ4n) is 2.27. The highest BCUT2D eigenvalue weighted by Crippen LogP contribution is 2.41. The van der Waals surface area contributed by atoms with Crippen LogP contribution in [0.4, 0.5) is 0 Å². The van der Waals surface area contributed by atoms with Crippen molar-refractivity contribution in [2.24, 2.45) is 0 Å². The van der Waals surface area contributed by atoms with Gasteiger partial charge in [-0.2, -0.15) is 5.10 Å². The number of hydrogen-bond donors (Lipinski definition) is 1. The minimum atomic E-state index is -1.00. The number of benzene rings is 1. The molecule has 3 rings (SSSR count). The monoisotopic (exact) mass is 272 g/mol. The molecule has 1 fully saturated rings. The van der Waals surface area contributed by atoms with Crippen LogP contribution in [0.1, 0.15) is 41.9 Å². The van der Waals surface area contributed by atoms with Crippen LogP contribution in [0.15, 0.2) is 30.3 Å². The predicted molar refractivity (Wildman–Crippen MR) is 73.7 cm³/mol. The molecule has 0 bridgehead atoms. The molecular weight excluding hydrogens is 256 g/mol. The van der Waals surface area contributed by atoms with Crippen molar-refractivity contribution in [2.75, 3.05) is 6.61 Å². The van der Waals surface area contributed by atoms with Crippen molar-refractivity contribution in [1.29, 1.82) is 0 Å². The summed E-state index contributed by atoms with van der Waals surface area (Å²) in [5, 5.41) is 13.4. The molecular formula is C15H16N2O3. The topological polar surface area (TPSA) is 64.4 Å². The zero-order valence-corrected chi connectivity index (χ0v) is 11.2. The van der Waals surface area contributed by atoms with Gasteiger partial charge >= 0.3 is 5.97 Å². The van der Waals surface area contributed by atoms with E-state index in [0.717, 1.165) is 30.0 Å². The van der Waals surface area contributed by atoms with E-state index >= 15 is 0 Å². The maximum atomic E-state index is 11.1. The van der Waals surface area contributed by atoms with Gasteiger partial charge in [-0.15, -0.1) is 0 Å². The average molecular weight is 272 g/mol. The molecule has 5 heteroatoms. The Labute approximate surface area is 116 Å². The first-order valence-corrected chi connectivity index (χ1v) is 6.76. The number of aromatic carboxylic acids is 1. The van der Waals surface area contributed by atoms with Gasteiger partial charge in [-0.05, 0) is 38.0 Å². The molecule has 0 amide bonds. The van der Waals surface area contributed by atoms with Crippen LogP contribution in [0, 0.1) is 0 Å². The van der Waals surface area contributed by atoms with Gasteiger partial charge in [0.15, 0.2) is 5.69 Å². The summed E-state index contributed by atoms with van der Waals surface area (Å²) in [6.45, 7) is 2.48. The summed E-state index contributed by atoms with van der Waals surface area (Å²) in [6, 6.07) is 9.24. The number of para-hydroxylation sites is 2. The van der Waals surface area contributed by atoms with Crippen LogP contribution in [0.3, 0.4) is 0 Å². The maximum Gasteiger partial charge on any atom is 0.356 e. The van der Waals surface area contributed by atoms with Crippen molar-refractivity contribution in [1.82, 2.24) is 9.78 Å². The van der Waals surface area contributed by atoms with Crippen LogP contribution in [-0.4, -0.2) is 27.5 Å². The Morgan fingerprint density at radius 3 is 2.85 bits per heavy atom. The number of rotatable bonds is 5. The van der Waals surface area contributed by atoms with Crippen LogP contribution in [0.5, 0.6) is 5.75 Å². The van der Waals surface area contributed by atoms with Crippen molar-refractivity contribution in [3.05, 3.63) is 41.7 Å². The van der Waals surface area contributed by atoms with Crippen molar-refractivity contribution in [3.8, 4) is 11.4 Å². The lowest BCUT2D eigenvalue weighted by molar-refractivity contribution is 0.0690. The van der Waals surface area contributed by atoms with Crippen LogP contribution in [0.2, 0.25) is 0 Å². The largest absolute Gasteiger partial charge is 0.492 e. The van der Waals surface area contributed by atoms with Crippen molar-refractivity contribution in [3.63, 3.8) is 0 Å². The molecule has 1 aliphatic rings. The number of nitrogens with zero attached hydrogens (tertiary/aromatic N) is 2. The summed E-state index contributed by atoms with van der Waals surface area (Å²) < 4.78 is 7.32. The second kappa shape index (κ2) is 5.00. The molecule has 1 saturated carbocycles. The van der Waals surface area contributed by atoms with E-state index in [1.165, 1.54) is 0 Å². The van der Waals surface area contributed by atoms with Gasteiger partial charge in [0.2, 0.25) is 0 Å². The Morgan fingerprint density at radius 1 is 1.45 bits per heavy atom. The van der Waals surface area contributed by atoms with Gasteiger partial charge < -0.3 is 9.84 Å². The van der Waals surface area contributed by atoms with E-state index in [0.29, 0.717) is 12.5 Å². The smallest absolute Gasteiger partial charge is 0.356 e. The number of hydrogen-bond acceptors (Lipinski definition) is 3. The summed E-state index contributed by atoms with van der Waals surface area (Å²) in [5.41, 5.74) is 1.83. The highest BCUT2D eigenvalue weighted by Gasteiger charge is 2.30. The summed E-state index contributed by atoms with van der Waals surface area (Å²) >= 11 is 0. The van der Waals surface area contributed by atoms with E-state index in [9.17, 15) is 4.79 Å². The average Bonchev–Trinajstić information content (AvgIpc) is 3.19. The third kappa shape index (κ3) is 2.27. The molecule has 0 spiro atoms. The lowest BCUT2D eigenvalue weighted by atomic mass is 10.2. The molecule has 2 aromatic rings. The first kappa shape index (κ1) is 12.7. The number of carbonyl (C=O) groups is 1. The fourth-order valence-corrected chi connectivity index (χ4v) is 2.27. The summed E-state index contributed by atoms with van der Waals surface area (Å²) in [4.78, 5) is 11.1. The lowest BCUT2D eigenvalue weighted by Crippen LogP contribution is -2.06.